The van der Waals surface area contributed by atoms with Crippen LogP contribution in [0.1, 0.15) is 31.4 Å². The summed E-state index contributed by atoms with van der Waals surface area (Å²) in [7, 11) is 3.25. The first kappa shape index (κ1) is 15.1. The third-order valence-electron chi connectivity index (χ3n) is 3.89. The molecule has 0 aromatic heterocycles. The molecule has 1 aromatic carbocycles. The van der Waals surface area contributed by atoms with Crippen LogP contribution in [0.5, 0.6) is 11.5 Å². The third kappa shape index (κ3) is 3.87. The van der Waals surface area contributed by atoms with Crippen LogP contribution in [0, 0.1) is 5.92 Å². The maximum atomic E-state index is 10.5. The molecule has 1 saturated carbocycles. The van der Waals surface area contributed by atoms with Crippen molar-refractivity contribution in [3.63, 3.8) is 0 Å². The Kier molecular flexibility index (Phi) is 5.26. The lowest BCUT2D eigenvalue weighted by Crippen LogP contribution is -2.30. The molecule has 4 heteroatoms. The van der Waals surface area contributed by atoms with Gasteiger partial charge in [0, 0.05) is 18.7 Å². The van der Waals surface area contributed by atoms with E-state index in [1.165, 1.54) is 12.8 Å². The van der Waals surface area contributed by atoms with Crippen molar-refractivity contribution in [2.75, 3.05) is 33.9 Å². The second-order valence-electron chi connectivity index (χ2n) is 5.42. The van der Waals surface area contributed by atoms with Crippen molar-refractivity contribution in [2.24, 2.45) is 5.92 Å². The van der Waals surface area contributed by atoms with Gasteiger partial charge in [0.15, 0.2) is 0 Å². The topological polar surface area (TPSA) is 41.9 Å². The zero-order valence-corrected chi connectivity index (χ0v) is 12.6. The molecule has 20 heavy (non-hydrogen) atoms. The molecule has 0 saturated heterocycles. The third-order valence-corrected chi connectivity index (χ3v) is 3.89. The highest BCUT2D eigenvalue weighted by Gasteiger charge is 2.25. The van der Waals surface area contributed by atoms with Gasteiger partial charge >= 0.3 is 0 Å². The molecule has 1 fully saturated rings. The van der Waals surface area contributed by atoms with Crippen LogP contribution in [-0.4, -0.2) is 43.9 Å². The highest BCUT2D eigenvalue weighted by Crippen LogP contribution is 2.32. The Morgan fingerprint density at radius 2 is 2.05 bits per heavy atom. The van der Waals surface area contributed by atoms with Gasteiger partial charge in [-0.1, -0.05) is 6.92 Å². The predicted molar refractivity (Wildman–Crippen MR) is 79.3 cm³/mol. The number of hydrogen-bond acceptors (Lipinski definition) is 4. The highest BCUT2D eigenvalue weighted by molar-refractivity contribution is 5.41. The number of nitrogens with zero attached hydrogens (tertiary/aromatic N) is 1. The second kappa shape index (κ2) is 6.95. The van der Waals surface area contributed by atoms with Crippen LogP contribution in [0.3, 0.4) is 0 Å². The fourth-order valence-corrected chi connectivity index (χ4v) is 2.44. The van der Waals surface area contributed by atoms with Crippen LogP contribution in [0.2, 0.25) is 0 Å². The standard InChI is InChI=1S/C16H25NO3/c1-4-17(10-12-5-6-12)11-15(18)14-9-13(19-2)7-8-16(14)20-3/h7-9,12,15,18H,4-6,10-11H2,1-3H3. The molecule has 1 aliphatic rings. The Morgan fingerprint density at radius 3 is 2.60 bits per heavy atom. The minimum atomic E-state index is -0.557. The summed E-state index contributed by atoms with van der Waals surface area (Å²) in [6.45, 7) is 4.81. The molecule has 0 spiro atoms. The van der Waals surface area contributed by atoms with E-state index in [1.54, 1.807) is 14.2 Å². The quantitative estimate of drug-likeness (QED) is 0.794. The Hall–Kier alpha value is -1.26. The SMILES string of the molecule is CCN(CC1CC1)CC(O)c1cc(OC)ccc1OC. The maximum Gasteiger partial charge on any atom is 0.124 e. The van der Waals surface area contributed by atoms with Crippen LogP contribution in [0.15, 0.2) is 18.2 Å². The lowest BCUT2D eigenvalue weighted by atomic mass is 10.1. The average molecular weight is 279 g/mol. The number of aliphatic hydroxyl groups is 1. The number of rotatable bonds is 8. The molecule has 2 rings (SSSR count). The number of likely N-dealkylation sites (N-methyl/N-ethyl adjacent to an activating group) is 1. The van der Waals surface area contributed by atoms with E-state index in [1.807, 2.05) is 18.2 Å². The molecule has 112 valence electrons. The van der Waals surface area contributed by atoms with Crippen LogP contribution in [-0.2, 0) is 0 Å². The summed E-state index contributed by atoms with van der Waals surface area (Å²) in [5.41, 5.74) is 0.793. The summed E-state index contributed by atoms with van der Waals surface area (Å²) in [4.78, 5) is 2.31. The van der Waals surface area contributed by atoms with Gasteiger partial charge in [-0.05, 0) is 43.5 Å². The van der Waals surface area contributed by atoms with E-state index in [4.69, 9.17) is 9.47 Å². The Bertz CT molecular complexity index is 432. The van der Waals surface area contributed by atoms with Gasteiger partial charge in [0.05, 0.1) is 20.3 Å². The maximum absolute atomic E-state index is 10.5. The van der Waals surface area contributed by atoms with E-state index in [2.05, 4.69) is 11.8 Å². The molecule has 1 unspecified atom stereocenters. The van der Waals surface area contributed by atoms with E-state index in [-0.39, 0.29) is 0 Å². The van der Waals surface area contributed by atoms with E-state index in [0.29, 0.717) is 12.3 Å². The number of benzene rings is 1. The van der Waals surface area contributed by atoms with Crippen molar-refractivity contribution < 1.29 is 14.6 Å². The number of ether oxygens (including phenoxy) is 2. The Morgan fingerprint density at radius 1 is 1.30 bits per heavy atom. The zero-order valence-electron chi connectivity index (χ0n) is 12.6. The first-order valence-corrected chi connectivity index (χ1v) is 7.30. The van der Waals surface area contributed by atoms with Crippen LogP contribution in [0.4, 0.5) is 0 Å². The van der Waals surface area contributed by atoms with Crippen LogP contribution in [0.25, 0.3) is 0 Å². The van der Waals surface area contributed by atoms with Crippen molar-refractivity contribution in [3.8, 4) is 11.5 Å². The van der Waals surface area contributed by atoms with Crippen LogP contribution < -0.4 is 9.47 Å². The van der Waals surface area contributed by atoms with Crippen molar-refractivity contribution in [2.45, 2.75) is 25.9 Å². The first-order chi connectivity index (χ1) is 9.67. The van der Waals surface area contributed by atoms with E-state index >= 15 is 0 Å². The summed E-state index contributed by atoms with van der Waals surface area (Å²) < 4.78 is 10.6. The normalized spacial score (nSPS) is 16.2. The fourth-order valence-electron chi connectivity index (χ4n) is 2.44. The smallest absolute Gasteiger partial charge is 0.124 e. The van der Waals surface area contributed by atoms with Crippen molar-refractivity contribution in [3.05, 3.63) is 23.8 Å². The van der Waals surface area contributed by atoms with Crippen LogP contribution >= 0.6 is 0 Å². The van der Waals surface area contributed by atoms with Gasteiger partial charge < -0.3 is 19.5 Å². The molecule has 0 aliphatic heterocycles. The van der Waals surface area contributed by atoms with Crippen molar-refractivity contribution in [1.29, 1.82) is 0 Å². The molecule has 1 N–H and O–H groups in total. The van der Waals surface area contributed by atoms with E-state index in [9.17, 15) is 5.11 Å². The fraction of sp³-hybridized carbons (Fsp3) is 0.625. The average Bonchev–Trinajstić information content (AvgIpc) is 3.29. The molecule has 0 bridgehead atoms. The molecule has 4 nitrogen and oxygen atoms in total. The highest BCUT2D eigenvalue weighted by atomic mass is 16.5. The minimum absolute atomic E-state index is 0.557. The van der Waals surface area contributed by atoms with Gasteiger partial charge in [-0.25, -0.2) is 0 Å². The monoisotopic (exact) mass is 279 g/mol. The predicted octanol–water partition coefficient (Wildman–Crippen LogP) is 2.47. The lowest BCUT2D eigenvalue weighted by molar-refractivity contribution is 0.111. The largest absolute Gasteiger partial charge is 0.497 e. The van der Waals surface area contributed by atoms with Gasteiger partial charge in [-0.3, -0.25) is 0 Å². The molecule has 1 atom stereocenters. The van der Waals surface area contributed by atoms with Gasteiger partial charge in [0.2, 0.25) is 0 Å². The summed E-state index contributed by atoms with van der Waals surface area (Å²) in [5, 5.41) is 10.5. The zero-order chi connectivity index (χ0) is 14.5. The van der Waals surface area contributed by atoms with Gasteiger partial charge in [-0.2, -0.15) is 0 Å². The lowest BCUT2D eigenvalue weighted by Gasteiger charge is -2.24. The summed E-state index contributed by atoms with van der Waals surface area (Å²) in [6.07, 6.45) is 2.10. The van der Waals surface area contributed by atoms with E-state index in [0.717, 1.165) is 30.3 Å². The minimum Gasteiger partial charge on any atom is -0.497 e. The summed E-state index contributed by atoms with van der Waals surface area (Å²) >= 11 is 0. The van der Waals surface area contributed by atoms with Gasteiger partial charge in [0.25, 0.3) is 0 Å². The van der Waals surface area contributed by atoms with Crippen molar-refractivity contribution in [1.82, 2.24) is 4.90 Å². The Balaban J connectivity index is 2.07. The van der Waals surface area contributed by atoms with E-state index < -0.39 is 6.10 Å². The molecule has 1 aromatic rings. The molecule has 0 heterocycles. The number of hydrogen-bond donors (Lipinski definition) is 1. The molecule has 1 aliphatic carbocycles. The second-order valence-corrected chi connectivity index (χ2v) is 5.42. The molecular formula is C16H25NO3. The van der Waals surface area contributed by atoms with Gasteiger partial charge in [-0.15, -0.1) is 0 Å². The molecular weight excluding hydrogens is 254 g/mol. The summed E-state index contributed by atoms with van der Waals surface area (Å²) in [5.74, 6) is 2.28. The first-order valence-electron chi connectivity index (χ1n) is 7.30. The number of methoxy groups -OCH3 is 2. The van der Waals surface area contributed by atoms with Gasteiger partial charge in [0.1, 0.15) is 11.5 Å². The summed E-state index contributed by atoms with van der Waals surface area (Å²) in [6, 6.07) is 5.54. The molecule has 0 amide bonds. The Labute approximate surface area is 121 Å². The molecule has 0 radical (unpaired) electrons. The number of aliphatic hydroxyl groups excluding tert-OH is 1. The van der Waals surface area contributed by atoms with Crippen molar-refractivity contribution >= 4 is 0 Å².